The van der Waals surface area contributed by atoms with Gasteiger partial charge in [-0.05, 0) is 73.4 Å². The molecule has 6 rings (SSSR count). The number of nitrogens with zero attached hydrogens (tertiary/aromatic N) is 4. The molecule has 2 aliphatic heterocycles. The zero-order valence-corrected chi connectivity index (χ0v) is 21.4. The van der Waals surface area contributed by atoms with Gasteiger partial charge in [-0.25, -0.2) is 0 Å². The number of hydrogen-bond acceptors (Lipinski definition) is 4. The summed E-state index contributed by atoms with van der Waals surface area (Å²) in [5.74, 6) is 1.60. The van der Waals surface area contributed by atoms with Crippen LogP contribution in [-0.2, 0) is 9.59 Å². The average Bonchev–Trinajstić information content (AvgIpc) is 3.63. The maximum atomic E-state index is 13.3. The normalized spacial score (nSPS) is 20.9. The van der Waals surface area contributed by atoms with E-state index < -0.39 is 5.54 Å². The molecule has 2 aromatic carbocycles. The molecule has 37 heavy (non-hydrogen) atoms. The molecule has 1 atom stereocenters. The number of pyridine rings is 1. The standard InChI is InChI=1S/C31H32N4O2/c1-31(2)30(37)35(20-21-15-18-34(19-21)29(36)27-11-12-27)28(33-31)26-9-7-23(8-10-26)22-3-5-24(6-4-22)25-13-16-32-17-14-25/h3-10,13-14,16-17,21,27H,11-12,15,18-20H2,1-2H3/t21-/m1/s1. The van der Waals surface area contributed by atoms with Gasteiger partial charge >= 0.3 is 0 Å². The SMILES string of the molecule is CC1(C)N=C(c2ccc(-c3ccc(-c4ccncc4)cc3)cc2)N(C[C@@H]2CCN(C(=O)C3CC3)C2)C1=O. The predicted molar refractivity (Wildman–Crippen MR) is 145 cm³/mol. The van der Waals surface area contributed by atoms with Crippen molar-refractivity contribution in [3.8, 4) is 22.3 Å². The van der Waals surface area contributed by atoms with Crippen LogP contribution in [0.2, 0.25) is 0 Å². The number of aromatic nitrogens is 1. The fourth-order valence-corrected chi connectivity index (χ4v) is 5.43. The summed E-state index contributed by atoms with van der Waals surface area (Å²) < 4.78 is 0. The summed E-state index contributed by atoms with van der Waals surface area (Å²) in [6.07, 6.45) is 6.60. The molecule has 6 nitrogen and oxygen atoms in total. The molecule has 1 aliphatic carbocycles. The second kappa shape index (κ2) is 9.25. The molecule has 0 spiro atoms. The summed E-state index contributed by atoms with van der Waals surface area (Å²) in [6.45, 7) is 5.90. The third-order valence-electron chi connectivity index (χ3n) is 7.75. The largest absolute Gasteiger partial charge is 0.342 e. The van der Waals surface area contributed by atoms with Crippen molar-refractivity contribution in [1.82, 2.24) is 14.8 Å². The first kappa shape index (κ1) is 23.6. The molecule has 0 N–H and O–H groups in total. The number of likely N-dealkylation sites (tertiary alicyclic amines) is 1. The van der Waals surface area contributed by atoms with Crippen LogP contribution in [0.3, 0.4) is 0 Å². The van der Waals surface area contributed by atoms with Gasteiger partial charge in [0.05, 0.1) is 0 Å². The summed E-state index contributed by atoms with van der Waals surface area (Å²) >= 11 is 0. The van der Waals surface area contributed by atoms with Crippen molar-refractivity contribution in [2.45, 2.75) is 38.6 Å². The van der Waals surface area contributed by atoms with Crippen LogP contribution in [0.4, 0.5) is 0 Å². The minimum atomic E-state index is -0.779. The van der Waals surface area contributed by atoms with Gasteiger partial charge in [-0.1, -0.05) is 48.5 Å². The molecular formula is C31H32N4O2. The van der Waals surface area contributed by atoms with Gasteiger partial charge in [0.1, 0.15) is 11.4 Å². The number of benzene rings is 2. The lowest BCUT2D eigenvalue weighted by atomic mass is 9.99. The molecule has 1 aromatic heterocycles. The number of amidine groups is 1. The minimum absolute atomic E-state index is 0.0326. The quantitative estimate of drug-likeness (QED) is 0.484. The maximum absolute atomic E-state index is 13.3. The van der Waals surface area contributed by atoms with Crippen molar-refractivity contribution in [3.63, 3.8) is 0 Å². The van der Waals surface area contributed by atoms with Crippen LogP contribution in [-0.4, -0.2) is 57.6 Å². The summed E-state index contributed by atoms with van der Waals surface area (Å²) in [7, 11) is 0. The van der Waals surface area contributed by atoms with E-state index in [-0.39, 0.29) is 17.7 Å². The Kier molecular flexibility index (Phi) is 5.90. The van der Waals surface area contributed by atoms with Crippen molar-refractivity contribution < 1.29 is 9.59 Å². The molecule has 6 heteroatoms. The van der Waals surface area contributed by atoms with E-state index in [1.54, 1.807) is 12.4 Å². The molecule has 1 saturated carbocycles. The first-order chi connectivity index (χ1) is 17.9. The third kappa shape index (κ3) is 4.68. The van der Waals surface area contributed by atoms with Crippen molar-refractivity contribution in [2.24, 2.45) is 16.8 Å². The Morgan fingerprint density at radius 2 is 1.38 bits per heavy atom. The fraction of sp³-hybridized carbons (Fsp3) is 0.355. The third-order valence-corrected chi connectivity index (χ3v) is 7.75. The molecule has 1 saturated heterocycles. The van der Waals surface area contributed by atoms with Crippen molar-refractivity contribution >= 4 is 17.6 Å². The monoisotopic (exact) mass is 492 g/mol. The van der Waals surface area contributed by atoms with E-state index >= 15 is 0 Å². The van der Waals surface area contributed by atoms with Crippen LogP contribution in [0.25, 0.3) is 22.3 Å². The summed E-state index contributed by atoms with van der Waals surface area (Å²) in [6, 6.07) is 20.8. The number of carbonyl (C=O) groups excluding carboxylic acids is 2. The van der Waals surface area contributed by atoms with Crippen LogP contribution in [0, 0.1) is 11.8 Å². The molecule has 3 heterocycles. The highest BCUT2D eigenvalue weighted by atomic mass is 16.2. The summed E-state index contributed by atoms with van der Waals surface area (Å²) in [5, 5.41) is 0. The Morgan fingerprint density at radius 1 is 0.838 bits per heavy atom. The van der Waals surface area contributed by atoms with Gasteiger partial charge in [0, 0.05) is 43.5 Å². The van der Waals surface area contributed by atoms with Crippen LogP contribution < -0.4 is 0 Å². The highest BCUT2D eigenvalue weighted by Crippen LogP contribution is 2.34. The van der Waals surface area contributed by atoms with Crippen LogP contribution in [0.1, 0.15) is 38.7 Å². The first-order valence-corrected chi connectivity index (χ1v) is 13.2. The zero-order valence-electron chi connectivity index (χ0n) is 21.4. The molecule has 0 bridgehead atoms. The number of carbonyl (C=O) groups is 2. The number of hydrogen-bond donors (Lipinski definition) is 0. The number of rotatable bonds is 6. The Balaban J connectivity index is 1.18. The summed E-state index contributed by atoms with van der Waals surface area (Å²) in [5.41, 5.74) is 4.72. The second-order valence-corrected chi connectivity index (χ2v) is 11.0. The smallest absolute Gasteiger partial charge is 0.255 e. The zero-order chi connectivity index (χ0) is 25.6. The Hall–Kier alpha value is -3.80. The summed E-state index contributed by atoms with van der Waals surface area (Å²) in [4.78, 5) is 38.6. The van der Waals surface area contributed by atoms with E-state index in [1.807, 2.05) is 35.8 Å². The van der Waals surface area contributed by atoms with Crippen molar-refractivity contribution in [1.29, 1.82) is 0 Å². The van der Waals surface area contributed by atoms with Gasteiger partial charge < -0.3 is 4.90 Å². The highest BCUT2D eigenvalue weighted by molar-refractivity contribution is 6.15. The maximum Gasteiger partial charge on any atom is 0.255 e. The Labute approximate surface area is 218 Å². The van der Waals surface area contributed by atoms with E-state index in [4.69, 9.17) is 4.99 Å². The molecular weight excluding hydrogens is 460 g/mol. The van der Waals surface area contributed by atoms with Gasteiger partial charge in [0.2, 0.25) is 5.91 Å². The Bertz CT molecular complexity index is 1340. The van der Waals surface area contributed by atoms with E-state index in [1.165, 1.54) is 0 Å². The van der Waals surface area contributed by atoms with E-state index in [0.29, 0.717) is 12.5 Å². The second-order valence-electron chi connectivity index (χ2n) is 11.0. The Morgan fingerprint density at radius 3 is 1.95 bits per heavy atom. The van der Waals surface area contributed by atoms with E-state index in [0.717, 1.165) is 66.0 Å². The van der Waals surface area contributed by atoms with Crippen molar-refractivity contribution in [3.05, 3.63) is 78.6 Å². The lowest BCUT2D eigenvalue weighted by Gasteiger charge is -2.24. The average molecular weight is 493 g/mol. The highest BCUT2D eigenvalue weighted by Gasteiger charge is 2.43. The van der Waals surface area contributed by atoms with E-state index in [9.17, 15) is 9.59 Å². The van der Waals surface area contributed by atoms with Crippen LogP contribution in [0.5, 0.6) is 0 Å². The topological polar surface area (TPSA) is 65.9 Å². The van der Waals surface area contributed by atoms with Gasteiger partial charge in [-0.3, -0.25) is 24.5 Å². The molecule has 2 amide bonds. The van der Waals surface area contributed by atoms with Gasteiger partial charge in [0.15, 0.2) is 0 Å². The van der Waals surface area contributed by atoms with Gasteiger partial charge in [-0.15, -0.1) is 0 Å². The number of amides is 2. The lowest BCUT2D eigenvalue weighted by molar-refractivity contribution is -0.131. The molecule has 2 fully saturated rings. The molecule has 0 radical (unpaired) electrons. The van der Waals surface area contributed by atoms with Crippen LogP contribution >= 0.6 is 0 Å². The predicted octanol–water partition coefficient (Wildman–Crippen LogP) is 5.04. The van der Waals surface area contributed by atoms with Gasteiger partial charge in [-0.2, -0.15) is 0 Å². The molecule has 0 unspecified atom stereocenters. The van der Waals surface area contributed by atoms with E-state index in [2.05, 4.69) is 53.5 Å². The fourth-order valence-electron chi connectivity index (χ4n) is 5.43. The van der Waals surface area contributed by atoms with Gasteiger partial charge in [0.25, 0.3) is 5.91 Å². The minimum Gasteiger partial charge on any atom is -0.342 e. The molecule has 3 aliphatic rings. The molecule has 3 aromatic rings. The van der Waals surface area contributed by atoms with Crippen LogP contribution in [0.15, 0.2) is 78.0 Å². The number of aliphatic imine (C=N–C) groups is 1. The van der Waals surface area contributed by atoms with Crippen molar-refractivity contribution in [2.75, 3.05) is 19.6 Å². The first-order valence-electron chi connectivity index (χ1n) is 13.2. The molecule has 188 valence electrons. The lowest BCUT2D eigenvalue weighted by Crippen LogP contribution is -2.42.